The second-order valence-corrected chi connectivity index (χ2v) is 6.65. The van der Waals surface area contributed by atoms with Gasteiger partial charge in [0.2, 0.25) is 0 Å². The summed E-state index contributed by atoms with van der Waals surface area (Å²) in [6.07, 6.45) is 6.94. The van der Waals surface area contributed by atoms with E-state index in [1.165, 1.54) is 31.2 Å². The molecule has 0 heterocycles. The van der Waals surface area contributed by atoms with E-state index in [2.05, 4.69) is 24.3 Å². The first kappa shape index (κ1) is 12.9. The zero-order chi connectivity index (χ0) is 14.1. The topological polar surface area (TPSA) is 9.23 Å². The number of aryl methyl sites for hydroxylation is 1. The van der Waals surface area contributed by atoms with Crippen molar-refractivity contribution in [3.8, 4) is 11.5 Å². The highest BCUT2D eigenvalue weighted by molar-refractivity contribution is 5.37. The fourth-order valence-corrected chi connectivity index (χ4v) is 3.86. The van der Waals surface area contributed by atoms with Crippen molar-refractivity contribution in [2.75, 3.05) is 0 Å². The second kappa shape index (κ2) is 5.55. The summed E-state index contributed by atoms with van der Waals surface area (Å²) in [5.41, 5.74) is 1.35. The summed E-state index contributed by atoms with van der Waals surface area (Å²) in [6.45, 7) is 0. The molecule has 0 saturated heterocycles. The largest absolute Gasteiger partial charge is 0.457 e. The summed E-state index contributed by atoms with van der Waals surface area (Å²) in [6, 6.07) is 18.6. The van der Waals surface area contributed by atoms with Gasteiger partial charge in [0.25, 0.3) is 0 Å². The first-order valence-corrected chi connectivity index (χ1v) is 8.19. The van der Waals surface area contributed by atoms with Crippen LogP contribution in [0.2, 0.25) is 0 Å². The van der Waals surface area contributed by atoms with Crippen molar-refractivity contribution < 1.29 is 4.74 Å². The highest BCUT2D eigenvalue weighted by Gasteiger charge is 2.45. The second-order valence-electron chi connectivity index (χ2n) is 6.65. The van der Waals surface area contributed by atoms with E-state index >= 15 is 0 Å². The van der Waals surface area contributed by atoms with Crippen molar-refractivity contribution >= 4 is 0 Å². The Kier molecular flexibility index (Phi) is 3.42. The van der Waals surface area contributed by atoms with Crippen LogP contribution in [0.4, 0.5) is 0 Å². The van der Waals surface area contributed by atoms with Crippen LogP contribution in [0, 0.1) is 17.8 Å². The molecular weight excluding hydrogens is 256 g/mol. The van der Waals surface area contributed by atoms with Crippen molar-refractivity contribution in [3.63, 3.8) is 0 Å². The van der Waals surface area contributed by atoms with E-state index in [1.807, 2.05) is 30.3 Å². The smallest absolute Gasteiger partial charge is 0.130 e. The molecule has 2 aliphatic rings. The lowest BCUT2D eigenvalue weighted by atomic mass is 9.95. The number of ether oxygens (including phenoxy) is 1. The van der Waals surface area contributed by atoms with Crippen molar-refractivity contribution in [2.45, 2.75) is 32.1 Å². The quantitative estimate of drug-likeness (QED) is 0.706. The molecule has 2 fully saturated rings. The summed E-state index contributed by atoms with van der Waals surface area (Å²) in [7, 11) is 0. The Hall–Kier alpha value is -1.76. The monoisotopic (exact) mass is 278 g/mol. The molecule has 0 N–H and O–H groups in total. The number of rotatable bonds is 5. The van der Waals surface area contributed by atoms with E-state index in [1.54, 1.807) is 0 Å². The minimum absolute atomic E-state index is 0.923. The molecule has 0 aromatic heterocycles. The Balaban J connectivity index is 1.42. The first-order valence-electron chi connectivity index (χ1n) is 8.19. The van der Waals surface area contributed by atoms with Gasteiger partial charge in [0.15, 0.2) is 0 Å². The van der Waals surface area contributed by atoms with Gasteiger partial charge in [-0.15, -0.1) is 0 Å². The third-order valence-electron chi connectivity index (χ3n) is 5.11. The zero-order valence-electron chi connectivity index (χ0n) is 12.4. The van der Waals surface area contributed by atoms with Gasteiger partial charge in [-0.2, -0.15) is 0 Å². The molecule has 21 heavy (non-hydrogen) atoms. The summed E-state index contributed by atoms with van der Waals surface area (Å²) >= 11 is 0. The fraction of sp³-hybridized carbons (Fsp3) is 0.400. The van der Waals surface area contributed by atoms with Crippen molar-refractivity contribution in [3.05, 3.63) is 60.2 Å². The van der Waals surface area contributed by atoms with Crippen LogP contribution in [-0.2, 0) is 6.42 Å². The van der Waals surface area contributed by atoms with E-state index in [0.717, 1.165) is 35.7 Å². The first-order chi connectivity index (χ1) is 10.4. The number of para-hydroxylation sites is 2. The molecule has 2 saturated carbocycles. The van der Waals surface area contributed by atoms with Gasteiger partial charge in [-0.25, -0.2) is 0 Å². The van der Waals surface area contributed by atoms with Crippen LogP contribution >= 0.6 is 0 Å². The molecule has 2 aliphatic carbocycles. The lowest BCUT2D eigenvalue weighted by molar-refractivity contribution is 0.441. The molecule has 0 aliphatic heterocycles. The summed E-state index contributed by atoms with van der Waals surface area (Å²) < 4.78 is 6.05. The Morgan fingerprint density at radius 1 is 0.810 bits per heavy atom. The van der Waals surface area contributed by atoms with Crippen LogP contribution in [0.5, 0.6) is 11.5 Å². The molecule has 0 radical (unpaired) electrons. The van der Waals surface area contributed by atoms with Gasteiger partial charge in [-0.05, 0) is 73.6 Å². The maximum absolute atomic E-state index is 6.05. The average molecular weight is 278 g/mol. The van der Waals surface area contributed by atoms with Crippen molar-refractivity contribution in [1.82, 2.24) is 0 Å². The van der Waals surface area contributed by atoms with Crippen LogP contribution in [0.25, 0.3) is 0 Å². The van der Waals surface area contributed by atoms with Crippen LogP contribution in [-0.4, -0.2) is 0 Å². The zero-order valence-corrected chi connectivity index (χ0v) is 12.4. The highest BCUT2D eigenvalue weighted by Crippen LogP contribution is 2.55. The third kappa shape index (κ3) is 2.97. The Morgan fingerprint density at radius 3 is 2.33 bits per heavy atom. The minimum atomic E-state index is 0.923. The van der Waals surface area contributed by atoms with Crippen LogP contribution in [0.3, 0.4) is 0 Å². The van der Waals surface area contributed by atoms with Gasteiger partial charge < -0.3 is 4.74 Å². The van der Waals surface area contributed by atoms with Crippen molar-refractivity contribution in [2.24, 2.45) is 17.8 Å². The Bertz CT molecular complexity index is 594. The maximum atomic E-state index is 6.05. The number of hydrogen-bond acceptors (Lipinski definition) is 1. The number of benzene rings is 2. The molecule has 108 valence electrons. The standard InChI is InChI=1S/C20H22O/c1-2-7-19(8-3-1)21-20-9-5-4-6-16(20)11-10-15-12-17-14-18(17)13-15/h1-9,15,17-18H,10-14H2. The Labute approximate surface area is 127 Å². The molecule has 2 atom stereocenters. The lowest BCUT2D eigenvalue weighted by Gasteiger charge is -2.14. The Morgan fingerprint density at radius 2 is 1.52 bits per heavy atom. The molecule has 0 spiro atoms. The lowest BCUT2D eigenvalue weighted by Crippen LogP contribution is -2.00. The van der Waals surface area contributed by atoms with Crippen LogP contribution < -0.4 is 4.74 Å². The molecule has 2 unspecified atom stereocenters. The summed E-state index contributed by atoms with van der Waals surface area (Å²) in [5.74, 6) is 5.08. The summed E-state index contributed by atoms with van der Waals surface area (Å²) in [4.78, 5) is 0. The maximum Gasteiger partial charge on any atom is 0.130 e. The predicted octanol–water partition coefficient (Wildman–Crippen LogP) is 5.46. The van der Waals surface area contributed by atoms with Crippen LogP contribution in [0.1, 0.15) is 31.2 Å². The molecular formula is C20H22O. The third-order valence-corrected chi connectivity index (χ3v) is 5.11. The minimum Gasteiger partial charge on any atom is -0.457 e. The molecule has 2 aromatic carbocycles. The van der Waals surface area contributed by atoms with E-state index in [0.29, 0.717) is 0 Å². The molecule has 0 amide bonds. The van der Waals surface area contributed by atoms with Crippen LogP contribution in [0.15, 0.2) is 54.6 Å². The van der Waals surface area contributed by atoms with Gasteiger partial charge >= 0.3 is 0 Å². The molecule has 1 heteroatoms. The van der Waals surface area contributed by atoms with E-state index < -0.39 is 0 Å². The summed E-state index contributed by atoms with van der Waals surface area (Å²) in [5, 5.41) is 0. The van der Waals surface area contributed by atoms with Gasteiger partial charge in [0.05, 0.1) is 0 Å². The van der Waals surface area contributed by atoms with Gasteiger partial charge in [-0.3, -0.25) is 0 Å². The fourth-order valence-electron chi connectivity index (χ4n) is 3.86. The molecule has 4 rings (SSSR count). The van der Waals surface area contributed by atoms with Crippen molar-refractivity contribution in [1.29, 1.82) is 0 Å². The number of fused-ring (bicyclic) bond motifs is 1. The molecule has 2 aromatic rings. The predicted molar refractivity (Wildman–Crippen MR) is 85.6 cm³/mol. The van der Waals surface area contributed by atoms with E-state index in [9.17, 15) is 0 Å². The normalized spacial score (nSPS) is 26.4. The van der Waals surface area contributed by atoms with Gasteiger partial charge in [0, 0.05) is 0 Å². The van der Waals surface area contributed by atoms with Gasteiger partial charge in [0.1, 0.15) is 11.5 Å². The highest BCUT2D eigenvalue weighted by atomic mass is 16.5. The average Bonchev–Trinajstić information content (AvgIpc) is 3.14. The van der Waals surface area contributed by atoms with E-state index in [-0.39, 0.29) is 0 Å². The molecule has 0 bridgehead atoms. The van der Waals surface area contributed by atoms with Gasteiger partial charge in [-0.1, -0.05) is 36.4 Å². The SMILES string of the molecule is c1ccc(Oc2ccccc2CCC2CC3CC3C2)cc1. The molecule has 1 nitrogen and oxygen atoms in total. The van der Waals surface area contributed by atoms with E-state index in [4.69, 9.17) is 4.74 Å². The number of hydrogen-bond donors (Lipinski definition) is 0.